The molecule has 3 aromatic rings. The number of benzene rings is 2. The van der Waals surface area contributed by atoms with Gasteiger partial charge in [0.05, 0.1) is 12.8 Å². The monoisotopic (exact) mass is 389 g/mol. The maximum Gasteiger partial charge on any atom is 0.305 e. The van der Waals surface area contributed by atoms with E-state index in [1.54, 1.807) is 0 Å². The molecule has 0 atom stereocenters. The van der Waals surface area contributed by atoms with E-state index in [1.807, 2.05) is 30.5 Å². The van der Waals surface area contributed by atoms with Crippen molar-refractivity contribution in [3.63, 3.8) is 0 Å². The molecule has 4 rings (SSSR count). The average Bonchev–Trinajstić information content (AvgIpc) is 3.17. The Morgan fingerprint density at radius 3 is 2.55 bits per heavy atom. The molecule has 2 aromatic carbocycles. The van der Waals surface area contributed by atoms with E-state index in [0.717, 1.165) is 54.1 Å². The van der Waals surface area contributed by atoms with Gasteiger partial charge in [0.15, 0.2) is 0 Å². The Labute approximate surface area is 171 Å². The number of aromatic amines is 1. The second-order valence-electron chi connectivity index (χ2n) is 7.69. The van der Waals surface area contributed by atoms with Gasteiger partial charge in [-0.25, -0.2) is 4.98 Å². The molecule has 0 fully saturated rings. The van der Waals surface area contributed by atoms with Gasteiger partial charge in [0, 0.05) is 36.8 Å². The highest BCUT2D eigenvalue weighted by atomic mass is 16.5. The molecule has 0 amide bonds. The minimum absolute atomic E-state index is 0.183. The van der Waals surface area contributed by atoms with E-state index in [0.29, 0.717) is 12.8 Å². The number of hydrogen-bond acceptors (Lipinski definition) is 4. The van der Waals surface area contributed by atoms with Gasteiger partial charge in [-0.2, -0.15) is 0 Å². The summed E-state index contributed by atoms with van der Waals surface area (Å²) in [6.45, 7) is 2.22. The fraction of sp³-hybridized carbons (Fsp3) is 0.333. The number of carbonyl (C=O) groups excluding carboxylic acids is 1. The van der Waals surface area contributed by atoms with E-state index in [4.69, 9.17) is 9.72 Å². The molecule has 5 nitrogen and oxygen atoms in total. The van der Waals surface area contributed by atoms with Crippen LogP contribution >= 0.6 is 0 Å². The summed E-state index contributed by atoms with van der Waals surface area (Å²) in [5.41, 5.74) is 7.17. The number of ether oxygens (including phenoxy) is 1. The summed E-state index contributed by atoms with van der Waals surface area (Å²) in [5, 5.41) is 0. The van der Waals surface area contributed by atoms with E-state index in [1.165, 1.54) is 18.2 Å². The van der Waals surface area contributed by atoms with E-state index in [-0.39, 0.29) is 5.97 Å². The van der Waals surface area contributed by atoms with Crippen LogP contribution in [0.15, 0.2) is 48.7 Å². The highest BCUT2D eigenvalue weighted by molar-refractivity contribution is 5.69. The predicted molar refractivity (Wildman–Crippen MR) is 115 cm³/mol. The Balaban J connectivity index is 1.49. The van der Waals surface area contributed by atoms with Crippen LogP contribution in [0.5, 0.6) is 0 Å². The first kappa shape index (κ1) is 19.4. The van der Waals surface area contributed by atoms with E-state index in [9.17, 15) is 4.79 Å². The fourth-order valence-corrected chi connectivity index (χ4v) is 3.79. The Morgan fingerprint density at radius 2 is 1.79 bits per heavy atom. The molecule has 1 aliphatic heterocycles. The second kappa shape index (κ2) is 8.62. The minimum atomic E-state index is -0.183. The van der Waals surface area contributed by atoms with Crippen LogP contribution in [0.2, 0.25) is 0 Å². The number of imidazole rings is 1. The first-order valence-corrected chi connectivity index (χ1v) is 10.1. The van der Waals surface area contributed by atoms with Gasteiger partial charge >= 0.3 is 5.97 Å². The number of rotatable bonds is 5. The lowest BCUT2D eigenvalue weighted by Gasteiger charge is -2.10. The Kier molecular flexibility index (Phi) is 5.76. The number of hydrogen-bond donors (Lipinski definition) is 1. The van der Waals surface area contributed by atoms with E-state index >= 15 is 0 Å². The van der Waals surface area contributed by atoms with Crippen LogP contribution in [0.3, 0.4) is 0 Å². The van der Waals surface area contributed by atoms with Crippen LogP contribution in [0.1, 0.15) is 23.1 Å². The van der Waals surface area contributed by atoms with Crippen LogP contribution in [0.4, 0.5) is 0 Å². The number of carbonyl (C=O) groups is 1. The Morgan fingerprint density at radius 1 is 1.07 bits per heavy atom. The van der Waals surface area contributed by atoms with Crippen molar-refractivity contribution >= 4 is 5.97 Å². The number of fused-ring (bicyclic) bond motifs is 1. The second-order valence-corrected chi connectivity index (χ2v) is 7.69. The zero-order valence-electron chi connectivity index (χ0n) is 17.1. The maximum atomic E-state index is 11.3. The first-order chi connectivity index (χ1) is 14.1. The van der Waals surface area contributed by atoms with Gasteiger partial charge in [-0.05, 0) is 49.1 Å². The lowest BCUT2D eigenvalue weighted by Crippen LogP contribution is -2.20. The normalized spacial score (nSPS) is 14.3. The van der Waals surface area contributed by atoms with Gasteiger partial charge in [-0.15, -0.1) is 0 Å². The summed E-state index contributed by atoms with van der Waals surface area (Å²) in [6, 6.07) is 14.9. The van der Waals surface area contributed by atoms with Crippen LogP contribution in [0.25, 0.3) is 22.6 Å². The molecule has 0 saturated heterocycles. The van der Waals surface area contributed by atoms with Gasteiger partial charge in [0.25, 0.3) is 0 Å². The molecule has 5 heteroatoms. The van der Waals surface area contributed by atoms with Crippen LogP contribution in [-0.4, -0.2) is 48.1 Å². The third-order valence-corrected chi connectivity index (χ3v) is 5.68. The largest absolute Gasteiger partial charge is 0.469 e. The standard InChI is InChI=1S/C24H27N3O2/c1-27-13-11-18-8-9-21(15-20(18)12-14-27)22-16-25-24(26-22)19-6-3-17(4-7-19)5-10-23(28)29-2/h3-4,6-9,15-16H,5,10-14H2,1-2H3,(H,25,26). The third kappa shape index (κ3) is 4.57. The number of methoxy groups -OCH3 is 1. The predicted octanol–water partition coefficient (Wildman–Crippen LogP) is 3.88. The quantitative estimate of drug-likeness (QED) is 0.673. The molecule has 29 heavy (non-hydrogen) atoms. The van der Waals surface area contributed by atoms with Crippen molar-refractivity contribution in [2.45, 2.75) is 25.7 Å². The Bertz CT molecular complexity index is 992. The van der Waals surface area contributed by atoms with Crippen molar-refractivity contribution in [3.05, 3.63) is 65.4 Å². The van der Waals surface area contributed by atoms with Crippen molar-refractivity contribution in [2.75, 3.05) is 27.2 Å². The van der Waals surface area contributed by atoms with Crippen molar-refractivity contribution in [1.82, 2.24) is 14.9 Å². The molecular formula is C24H27N3O2. The van der Waals surface area contributed by atoms with Crippen molar-refractivity contribution < 1.29 is 9.53 Å². The van der Waals surface area contributed by atoms with Gasteiger partial charge < -0.3 is 14.6 Å². The molecule has 0 radical (unpaired) electrons. The van der Waals surface area contributed by atoms with E-state index in [2.05, 4.69) is 35.1 Å². The molecular weight excluding hydrogens is 362 g/mol. The smallest absolute Gasteiger partial charge is 0.305 e. The van der Waals surface area contributed by atoms with Crippen molar-refractivity contribution in [3.8, 4) is 22.6 Å². The summed E-state index contributed by atoms with van der Waals surface area (Å²) in [5.74, 6) is 0.673. The molecule has 1 N–H and O–H groups in total. The van der Waals surface area contributed by atoms with Crippen molar-refractivity contribution in [2.24, 2.45) is 0 Å². The molecule has 0 bridgehead atoms. The summed E-state index contributed by atoms with van der Waals surface area (Å²) in [6.07, 6.45) is 5.25. The first-order valence-electron chi connectivity index (χ1n) is 10.1. The fourth-order valence-electron chi connectivity index (χ4n) is 3.79. The summed E-state index contributed by atoms with van der Waals surface area (Å²) in [4.78, 5) is 21.8. The average molecular weight is 389 g/mol. The zero-order chi connectivity index (χ0) is 20.2. The number of H-pyrrole nitrogens is 1. The molecule has 1 aliphatic rings. The molecule has 0 aliphatic carbocycles. The number of esters is 1. The third-order valence-electron chi connectivity index (χ3n) is 5.68. The SMILES string of the molecule is COC(=O)CCc1ccc(-c2nc(-c3ccc4c(c3)CCN(C)CC4)c[nH]2)cc1. The topological polar surface area (TPSA) is 58.2 Å². The van der Waals surface area contributed by atoms with Gasteiger partial charge in [0.2, 0.25) is 0 Å². The summed E-state index contributed by atoms with van der Waals surface area (Å²) < 4.78 is 4.70. The van der Waals surface area contributed by atoms with Gasteiger partial charge in [0.1, 0.15) is 5.82 Å². The summed E-state index contributed by atoms with van der Waals surface area (Å²) in [7, 11) is 3.61. The minimum Gasteiger partial charge on any atom is -0.469 e. The lowest BCUT2D eigenvalue weighted by molar-refractivity contribution is -0.140. The highest BCUT2D eigenvalue weighted by Gasteiger charge is 2.13. The van der Waals surface area contributed by atoms with Crippen LogP contribution < -0.4 is 0 Å². The van der Waals surface area contributed by atoms with Gasteiger partial charge in [-0.3, -0.25) is 4.79 Å². The van der Waals surface area contributed by atoms with E-state index < -0.39 is 0 Å². The highest BCUT2D eigenvalue weighted by Crippen LogP contribution is 2.26. The molecule has 0 unspecified atom stereocenters. The van der Waals surface area contributed by atoms with Crippen LogP contribution in [-0.2, 0) is 28.8 Å². The number of aromatic nitrogens is 2. The maximum absolute atomic E-state index is 11.3. The summed E-state index contributed by atoms with van der Waals surface area (Å²) >= 11 is 0. The zero-order valence-corrected chi connectivity index (χ0v) is 17.1. The number of nitrogens with zero attached hydrogens (tertiary/aromatic N) is 2. The van der Waals surface area contributed by atoms with Crippen LogP contribution in [0, 0.1) is 0 Å². The van der Waals surface area contributed by atoms with Gasteiger partial charge in [-0.1, -0.05) is 36.4 Å². The molecule has 2 heterocycles. The molecule has 150 valence electrons. The molecule has 0 spiro atoms. The lowest BCUT2D eigenvalue weighted by atomic mass is 9.99. The van der Waals surface area contributed by atoms with Crippen molar-refractivity contribution in [1.29, 1.82) is 0 Å². The number of nitrogens with one attached hydrogen (secondary N) is 1. The number of likely N-dealkylation sites (N-methyl/N-ethyl adjacent to an activating group) is 1. The Hall–Kier alpha value is -2.92. The number of aryl methyl sites for hydroxylation is 1. The molecule has 0 saturated carbocycles. The molecule has 1 aromatic heterocycles.